The summed E-state index contributed by atoms with van der Waals surface area (Å²) in [6.45, 7) is 4.84. The van der Waals surface area contributed by atoms with Crippen LogP contribution in [0.15, 0.2) is 54.6 Å². The number of likely N-dealkylation sites (tertiary alicyclic amines) is 1. The van der Waals surface area contributed by atoms with E-state index in [1.807, 2.05) is 42.5 Å². The van der Waals surface area contributed by atoms with Crippen molar-refractivity contribution in [2.24, 2.45) is 5.92 Å². The van der Waals surface area contributed by atoms with Gasteiger partial charge < -0.3 is 15.0 Å². The summed E-state index contributed by atoms with van der Waals surface area (Å²) in [6, 6.07) is 16.8. The van der Waals surface area contributed by atoms with Crippen molar-refractivity contribution in [1.82, 2.24) is 15.1 Å². The maximum atomic E-state index is 15.7. The Hall–Kier alpha value is -2.93. The fourth-order valence-corrected chi connectivity index (χ4v) is 6.75. The highest BCUT2D eigenvalue weighted by atomic mass is 18.2. The van der Waals surface area contributed by atoms with Crippen LogP contribution in [0, 0.1) is 5.92 Å². The van der Waals surface area contributed by atoms with Crippen molar-refractivity contribution < 1.29 is 18.7 Å². The molecule has 6 nitrogen and oxygen atoms in total. The van der Waals surface area contributed by atoms with Gasteiger partial charge in [0, 0.05) is 26.2 Å². The lowest BCUT2D eigenvalue weighted by Gasteiger charge is -2.52. The number of benzene rings is 2. The van der Waals surface area contributed by atoms with Gasteiger partial charge in [0.2, 0.25) is 11.8 Å². The molecule has 0 radical (unpaired) electrons. The molecule has 40 heavy (non-hydrogen) atoms. The molecule has 1 spiro atoms. The van der Waals surface area contributed by atoms with E-state index in [-0.39, 0.29) is 17.7 Å². The van der Waals surface area contributed by atoms with Gasteiger partial charge in [-0.2, -0.15) is 0 Å². The molecule has 1 N–H and O–H groups in total. The normalized spacial score (nSPS) is 22.8. The third-order valence-electron chi connectivity index (χ3n) is 9.15. The number of carbonyl (C=O) groups is 2. The Balaban J connectivity index is 1.23. The number of piperazine rings is 1. The molecule has 2 aromatic carbocycles. The van der Waals surface area contributed by atoms with Gasteiger partial charge in [-0.15, -0.1) is 0 Å². The van der Waals surface area contributed by atoms with E-state index in [0.717, 1.165) is 69.4 Å². The summed E-state index contributed by atoms with van der Waals surface area (Å²) >= 11 is 0. The third kappa shape index (κ3) is 6.35. The second-order valence-corrected chi connectivity index (χ2v) is 11.9. The van der Waals surface area contributed by atoms with Crippen molar-refractivity contribution in [3.8, 4) is 11.5 Å². The Bertz CT molecular complexity index is 1110. The third-order valence-corrected chi connectivity index (χ3v) is 9.15. The highest BCUT2D eigenvalue weighted by Crippen LogP contribution is 2.37. The van der Waals surface area contributed by atoms with Crippen molar-refractivity contribution in [2.45, 2.75) is 95.4 Å². The first-order valence-electron chi connectivity index (χ1n) is 15.3. The number of hydrogen-bond acceptors (Lipinski definition) is 4. The Kier molecular flexibility index (Phi) is 9.40. The highest BCUT2D eigenvalue weighted by Gasteiger charge is 2.55. The number of alkyl halides is 1. The summed E-state index contributed by atoms with van der Waals surface area (Å²) in [5, 5.41) is 2.90. The van der Waals surface area contributed by atoms with Gasteiger partial charge in [-0.3, -0.25) is 14.5 Å². The lowest BCUT2D eigenvalue weighted by molar-refractivity contribution is -0.164. The highest BCUT2D eigenvalue weighted by molar-refractivity contribution is 6.00. The lowest BCUT2D eigenvalue weighted by atomic mass is 9.78. The van der Waals surface area contributed by atoms with Crippen molar-refractivity contribution in [1.29, 1.82) is 0 Å². The molecule has 2 heterocycles. The summed E-state index contributed by atoms with van der Waals surface area (Å²) in [6.07, 6.45) is 7.42. The van der Waals surface area contributed by atoms with Gasteiger partial charge in [-0.1, -0.05) is 69.4 Å². The number of rotatable bonds is 10. The first kappa shape index (κ1) is 28.6. The molecule has 2 atom stereocenters. The number of nitrogens with zero attached hydrogens (tertiary/aromatic N) is 2. The average Bonchev–Trinajstić information content (AvgIpc) is 2.99. The second-order valence-electron chi connectivity index (χ2n) is 11.9. The first-order chi connectivity index (χ1) is 19.5. The van der Waals surface area contributed by atoms with Gasteiger partial charge in [-0.25, -0.2) is 4.39 Å². The molecule has 1 aliphatic carbocycles. The summed E-state index contributed by atoms with van der Waals surface area (Å²) < 4.78 is 21.6. The molecule has 1 saturated carbocycles. The van der Waals surface area contributed by atoms with Gasteiger partial charge in [0.15, 0.2) is 0 Å². The fourth-order valence-electron chi connectivity index (χ4n) is 6.75. The number of piperidine rings is 1. The molecule has 216 valence electrons. The van der Waals surface area contributed by atoms with E-state index in [1.165, 1.54) is 5.56 Å². The van der Waals surface area contributed by atoms with Gasteiger partial charge >= 0.3 is 0 Å². The molecule has 7 heteroatoms. The number of halogens is 1. The Morgan fingerprint density at radius 2 is 1.62 bits per heavy atom. The van der Waals surface area contributed by atoms with Crippen LogP contribution >= 0.6 is 0 Å². The van der Waals surface area contributed by atoms with Crippen molar-refractivity contribution >= 4 is 11.8 Å². The smallest absolute Gasteiger partial charge is 0.249 e. The fraction of sp³-hybridized carbons (Fsp3) is 0.576. The van der Waals surface area contributed by atoms with E-state index >= 15 is 4.39 Å². The predicted molar refractivity (Wildman–Crippen MR) is 155 cm³/mol. The molecule has 5 rings (SSSR count). The van der Waals surface area contributed by atoms with Gasteiger partial charge in [0.25, 0.3) is 0 Å². The van der Waals surface area contributed by atoms with Crippen LogP contribution in [-0.4, -0.2) is 59.0 Å². The van der Waals surface area contributed by atoms with Crippen molar-refractivity contribution in [2.75, 3.05) is 19.6 Å². The van der Waals surface area contributed by atoms with Gasteiger partial charge in [0.05, 0.1) is 0 Å². The van der Waals surface area contributed by atoms with Crippen LogP contribution in [-0.2, 0) is 16.1 Å². The van der Waals surface area contributed by atoms with E-state index in [2.05, 4.69) is 29.3 Å². The minimum atomic E-state index is -1.31. The molecule has 2 saturated heterocycles. The van der Waals surface area contributed by atoms with Gasteiger partial charge in [0.1, 0.15) is 29.3 Å². The number of unbranched alkanes of at least 4 members (excludes halogenated alkanes) is 2. The minimum Gasteiger partial charge on any atom is -0.457 e. The molecule has 3 fully saturated rings. The monoisotopic (exact) mass is 548 g/mol. The van der Waals surface area contributed by atoms with Crippen LogP contribution in [0.1, 0.15) is 76.7 Å². The number of nitrogens with one attached hydrogen (secondary N) is 1. The molecule has 2 aromatic rings. The van der Waals surface area contributed by atoms with Crippen LogP contribution < -0.4 is 10.1 Å². The quantitative estimate of drug-likeness (QED) is 0.357. The van der Waals surface area contributed by atoms with Crippen molar-refractivity contribution in [3.05, 3.63) is 60.2 Å². The van der Waals surface area contributed by atoms with Crippen LogP contribution in [0.2, 0.25) is 0 Å². The largest absolute Gasteiger partial charge is 0.457 e. The average molecular weight is 549 g/mol. The van der Waals surface area contributed by atoms with Crippen LogP contribution in [0.4, 0.5) is 4.39 Å². The maximum Gasteiger partial charge on any atom is 0.249 e. The van der Waals surface area contributed by atoms with Gasteiger partial charge in [-0.05, 0) is 67.9 Å². The summed E-state index contributed by atoms with van der Waals surface area (Å²) in [5.74, 6) is 1.09. The van der Waals surface area contributed by atoms with E-state index in [1.54, 1.807) is 4.90 Å². The standard InChI is InChI=1S/C33H44FN3O3/c1-2-3-10-21-37-31(38)30(29(34)26-11-6-4-7-12-26)35-32(39)33(37)19-22-36(23-20-33)24-25-15-17-28(18-16-25)40-27-13-8-5-9-14-27/h5,8-9,13-18,26,29-30H,2-4,6-7,10-12,19-24H2,1H3,(H,35,39)/t29-,30?/m1/s1/i34-1. The molecule has 0 aromatic heterocycles. The molecular weight excluding hydrogens is 504 g/mol. The van der Waals surface area contributed by atoms with Crippen molar-refractivity contribution in [3.63, 3.8) is 0 Å². The Morgan fingerprint density at radius 3 is 2.30 bits per heavy atom. The zero-order chi connectivity index (χ0) is 28.0. The Morgan fingerprint density at radius 1 is 0.950 bits per heavy atom. The Labute approximate surface area is 238 Å². The summed E-state index contributed by atoms with van der Waals surface area (Å²) in [4.78, 5) is 31.6. The first-order valence-corrected chi connectivity index (χ1v) is 15.3. The van der Waals surface area contributed by atoms with Crippen LogP contribution in [0.5, 0.6) is 11.5 Å². The van der Waals surface area contributed by atoms with E-state index in [0.29, 0.717) is 32.5 Å². The zero-order valence-electron chi connectivity index (χ0n) is 23.8. The number of para-hydroxylation sites is 1. The second kappa shape index (κ2) is 13.2. The molecule has 0 bridgehead atoms. The predicted octanol–water partition coefficient (Wildman–Crippen LogP) is 6.25. The molecular formula is C33H44FN3O3. The summed E-state index contributed by atoms with van der Waals surface area (Å²) in [5.41, 5.74) is 0.297. The molecule has 2 amide bonds. The van der Waals surface area contributed by atoms with E-state index < -0.39 is 17.8 Å². The number of ether oxygens (including phenoxy) is 1. The molecule has 1 unspecified atom stereocenters. The number of hydrogen-bond donors (Lipinski definition) is 1. The number of amides is 2. The minimum absolute atomic E-state index is 0.138. The SMILES string of the molecule is CCCCCN1C(=O)C([C@H]([18F])C2CCCCC2)NC(=O)C12CCN(Cc1ccc(Oc3ccccc3)cc1)CC2. The van der Waals surface area contributed by atoms with E-state index in [4.69, 9.17) is 4.74 Å². The summed E-state index contributed by atoms with van der Waals surface area (Å²) in [7, 11) is 0. The molecule has 3 aliphatic rings. The topological polar surface area (TPSA) is 61.9 Å². The molecule has 2 aliphatic heterocycles. The lowest BCUT2D eigenvalue weighted by Crippen LogP contribution is -2.74. The van der Waals surface area contributed by atoms with E-state index in [9.17, 15) is 9.59 Å². The number of carbonyl (C=O) groups excluding carboxylic acids is 2. The maximum absolute atomic E-state index is 15.7. The zero-order valence-corrected chi connectivity index (χ0v) is 23.8. The van der Waals surface area contributed by atoms with Crippen LogP contribution in [0.3, 0.4) is 0 Å². The van der Waals surface area contributed by atoms with Crippen LogP contribution in [0.25, 0.3) is 0 Å².